The molecule has 5 rings (SSSR count). The van der Waals surface area contributed by atoms with Gasteiger partial charge in [-0.2, -0.15) is 0 Å². The Bertz CT molecular complexity index is 1180. The van der Waals surface area contributed by atoms with Gasteiger partial charge in [-0.1, -0.05) is 30.3 Å². The summed E-state index contributed by atoms with van der Waals surface area (Å²) in [6, 6.07) is 13.4. The summed E-state index contributed by atoms with van der Waals surface area (Å²) in [4.78, 5) is 30.2. The van der Waals surface area contributed by atoms with Crippen molar-refractivity contribution in [2.75, 3.05) is 20.8 Å². The summed E-state index contributed by atoms with van der Waals surface area (Å²) in [5, 5.41) is 11.2. The highest BCUT2D eigenvalue weighted by Gasteiger charge is 2.58. The number of hydrogen-bond acceptors (Lipinski definition) is 4. The Morgan fingerprint density at radius 2 is 1.97 bits per heavy atom. The molecule has 0 radical (unpaired) electrons. The van der Waals surface area contributed by atoms with Crippen LogP contribution in [-0.2, 0) is 15.1 Å². The maximum atomic E-state index is 12.8. The second-order valence-corrected chi connectivity index (χ2v) is 7.76. The van der Waals surface area contributed by atoms with Crippen LogP contribution in [0, 0.1) is 0 Å². The molecule has 0 spiro atoms. The third kappa shape index (κ3) is 2.26. The zero-order chi connectivity index (χ0) is 21.0. The minimum Gasteiger partial charge on any atom is -0.493 e. The number of para-hydroxylation sites is 2. The molecule has 2 aliphatic heterocycles. The molecule has 1 fully saturated rings. The number of nitrogens with one attached hydrogen (secondary N) is 1. The van der Waals surface area contributed by atoms with E-state index in [0.29, 0.717) is 17.2 Å². The number of fused-ring (bicyclic) bond motifs is 5. The molecule has 3 aromatic rings. The largest absolute Gasteiger partial charge is 0.493 e. The third-order valence-corrected chi connectivity index (χ3v) is 6.50. The minimum atomic E-state index is -1.37. The Labute approximate surface area is 173 Å². The second kappa shape index (κ2) is 6.52. The molecule has 1 aromatic heterocycles. The van der Waals surface area contributed by atoms with Gasteiger partial charge < -0.3 is 24.5 Å². The van der Waals surface area contributed by atoms with Crippen molar-refractivity contribution >= 4 is 22.8 Å². The average molecular weight is 406 g/mol. The Morgan fingerprint density at radius 3 is 2.70 bits per heavy atom. The molecular weight excluding hydrogens is 384 g/mol. The monoisotopic (exact) mass is 406 g/mol. The number of methoxy groups -OCH3 is 2. The maximum Gasteiger partial charge on any atom is 0.335 e. The number of aromatic nitrogens is 1. The molecule has 2 aromatic carbocycles. The lowest BCUT2D eigenvalue weighted by molar-refractivity contribution is -0.156. The molecular formula is C23H22N2O5. The molecule has 154 valence electrons. The van der Waals surface area contributed by atoms with Gasteiger partial charge in [0, 0.05) is 35.3 Å². The van der Waals surface area contributed by atoms with E-state index >= 15 is 0 Å². The predicted molar refractivity (Wildman–Crippen MR) is 110 cm³/mol. The number of carbonyl (C=O) groups is 2. The quantitative estimate of drug-likeness (QED) is 0.694. The molecule has 2 atom stereocenters. The summed E-state index contributed by atoms with van der Waals surface area (Å²) < 4.78 is 11.2. The lowest BCUT2D eigenvalue weighted by Gasteiger charge is -2.42. The fourth-order valence-electron chi connectivity index (χ4n) is 5.18. The van der Waals surface area contributed by atoms with Gasteiger partial charge in [0.15, 0.2) is 17.0 Å². The second-order valence-electron chi connectivity index (χ2n) is 7.76. The van der Waals surface area contributed by atoms with Gasteiger partial charge in [-0.25, -0.2) is 4.79 Å². The number of aromatic amines is 1. The van der Waals surface area contributed by atoms with E-state index < -0.39 is 11.5 Å². The van der Waals surface area contributed by atoms with Crippen molar-refractivity contribution in [3.63, 3.8) is 0 Å². The minimum absolute atomic E-state index is 0.145. The van der Waals surface area contributed by atoms with Gasteiger partial charge in [0.05, 0.1) is 19.9 Å². The molecule has 1 amide bonds. The number of aliphatic carboxylic acids is 1. The molecule has 1 saturated heterocycles. The Hall–Kier alpha value is -3.48. The van der Waals surface area contributed by atoms with Gasteiger partial charge in [-0.05, 0) is 24.1 Å². The molecule has 7 nitrogen and oxygen atoms in total. The van der Waals surface area contributed by atoms with Crippen molar-refractivity contribution in [1.82, 2.24) is 9.88 Å². The summed E-state index contributed by atoms with van der Waals surface area (Å²) in [7, 11) is 3.17. The normalized spacial score (nSPS) is 22.7. The standard InChI is InChI=1S/C23H22N2O5/c1-29-17-9-5-7-13(20(17)30-2)15-12-25-18(26)10-11-23(25,22(27)28)21-19(15)14-6-3-4-8-16(14)24-21/h3-9,15,24H,10-12H2,1-2H3,(H,27,28)/t15-,23-/m1/s1. The van der Waals surface area contributed by atoms with Crippen molar-refractivity contribution in [1.29, 1.82) is 0 Å². The Kier molecular flexibility index (Phi) is 4.03. The maximum absolute atomic E-state index is 12.8. The van der Waals surface area contributed by atoms with Crippen molar-refractivity contribution in [3.8, 4) is 11.5 Å². The number of carboxylic acid groups (broad SMARTS) is 1. The number of carboxylic acids is 1. The van der Waals surface area contributed by atoms with E-state index in [4.69, 9.17) is 9.47 Å². The van der Waals surface area contributed by atoms with Crippen LogP contribution in [0.15, 0.2) is 42.5 Å². The summed E-state index contributed by atoms with van der Waals surface area (Å²) in [5.41, 5.74) is 1.85. The number of hydrogen-bond donors (Lipinski definition) is 2. The number of H-pyrrole nitrogens is 1. The van der Waals surface area contributed by atoms with E-state index in [1.54, 1.807) is 14.2 Å². The Morgan fingerprint density at radius 1 is 1.17 bits per heavy atom. The lowest BCUT2D eigenvalue weighted by Crippen LogP contribution is -2.54. The first-order chi connectivity index (χ1) is 14.5. The number of ether oxygens (including phenoxy) is 2. The highest BCUT2D eigenvalue weighted by molar-refractivity contribution is 5.96. The summed E-state index contributed by atoms with van der Waals surface area (Å²) in [5.74, 6) is -0.212. The van der Waals surface area contributed by atoms with E-state index in [2.05, 4.69) is 4.98 Å². The fraction of sp³-hybridized carbons (Fsp3) is 0.304. The molecule has 0 saturated carbocycles. The summed E-state index contributed by atoms with van der Waals surface area (Å²) in [6.45, 7) is 0.267. The number of carbonyl (C=O) groups excluding carboxylic acids is 1. The number of amides is 1. The number of rotatable bonds is 4. The topological polar surface area (TPSA) is 91.9 Å². The van der Waals surface area contributed by atoms with Crippen LogP contribution in [0.5, 0.6) is 11.5 Å². The molecule has 0 aliphatic carbocycles. The summed E-state index contributed by atoms with van der Waals surface area (Å²) in [6.07, 6.45) is 0.464. The van der Waals surface area contributed by atoms with Crippen LogP contribution in [-0.4, -0.2) is 47.6 Å². The third-order valence-electron chi connectivity index (χ3n) is 6.50. The SMILES string of the molecule is COc1cccc([C@H]2CN3C(=O)CC[C@]3(C(=O)O)c3[nH]c4ccccc4c32)c1OC. The van der Waals surface area contributed by atoms with Crippen LogP contribution in [0.1, 0.15) is 35.6 Å². The van der Waals surface area contributed by atoms with Gasteiger partial charge in [-0.3, -0.25) is 4.79 Å². The number of benzene rings is 2. The van der Waals surface area contributed by atoms with E-state index in [9.17, 15) is 14.7 Å². The van der Waals surface area contributed by atoms with E-state index in [-0.39, 0.29) is 31.2 Å². The van der Waals surface area contributed by atoms with Gasteiger partial charge >= 0.3 is 5.97 Å². The zero-order valence-corrected chi connectivity index (χ0v) is 16.8. The number of nitrogens with zero attached hydrogens (tertiary/aromatic N) is 1. The van der Waals surface area contributed by atoms with Crippen molar-refractivity contribution in [2.45, 2.75) is 24.3 Å². The highest BCUT2D eigenvalue weighted by Crippen LogP contribution is 2.52. The van der Waals surface area contributed by atoms with Crippen LogP contribution in [0.25, 0.3) is 10.9 Å². The zero-order valence-electron chi connectivity index (χ0n) is 16.8. The molecule has 30 heavy (non-hydrogen) atoms. The average Bonchev–Trinajstić information content (AvgIpc) is 3.31. The first kappa shape index (κ1) is 18.5. The molecule has 2 aliphatic rings. The first-order valence-electron chi connectivity index (χ1n) is 9.88. The van der Waals surface area contributed by atoms with Crippen LogP contribution < -0.4 is 9.47 Å². The smallest absolute Gasteiger partial charge is 0.335 e. The van der Waals surface area contributed by atoms with Crippen LogP contribution >= 0.6 is 0 Å². The molecule has 7 heteroatoms. The first-order valence-corrected chi connectivity index (χ1v) is 9.88. The molecule has 0 bridgehead atoms. The van der Waals surface area contributed by atoms with E-state index in [1.807, 2.05) is 42.5 Å². The lowest BCUT2D eigenvalue weighted by atomic mass is 9.77. The molecule has 2 N–H and O–H groups in total. The van der Waals surface area contributed by atoms with Crippen LogP contribution in [0.3, 0.4) is 0 Å². The molecule has 3 heterocycles. The predicted octanol–water partition coefficient (Wildman–Crippen LogP) is 3.23. The Balaban J connectivity index is 1.84. The van der Waals surface area contributed by atoms with E-state index in [1.165, 1.54) is 4.90 Å². The van der Waals surface area contributed by atoms with Crippen molar-refractivity contribution in [3.05, 3.63) is 59.3 Å². The van der Waals surface area contributed by atoms with Crippen LogP contribution in [0.2, 0.25) is 0 Å². The van der Waals surface area contributed by atoms with E-state index in [0.717, 1.165) is 22.0 Å². The van der Waals surface area contributed by atoms with Gasteiger partial charge in [0.2, 0.25) is 5.91 Å². The highest BCUT2D eigenvalue weighted by atomic mass is 16.5. The fourth-order valence-corrected chi connectivity index (χ4v) is 5.18. The summed E-state index contributed by atoms with van der Waals surface area (Å²) >= 11 is 0. The van der Waals surface area contributed by atoms with Gasteiger partial charge in [0.25, 0.3) is 0 Å². The van der Waals surface area contributed by atoms with Crippen molar-refractivity contribution in [2.24, 2.45) is 0 Å². The van der Waals surface area contributed by atoms with Gasteiger partial charge in [0.1, 0.15) is 0 Å². The van der Waals surface area contributed by atoms with Crippen molar-refractivity contribution < 1.29 is 24.2 Å². The van der Waals surface area contributed by atoms with Crippen LogP contribution in [0.4, 0.5) is 0 Å². The van der Waals surface area contributed by atoms with Gasteiger partial charge in [-0.15, -0.1) is 0 Å². The molecule has 0 unspecified atom stereocenters.